The summed E-state index contributed by atoms with van der Waals surface area (Å²) in [6.07, 6.45) is 0. The molecule has 2 heterocycles. The van der Waals surface area contributed by atoms with Crippen molar-refractivity contribution in [1.29, 1.82) is 0 Å². The molecular weight excluding hydrogens is 424 g/mol. The molecule has 0 atom stereocenters. The van der Waals surface area contributed by atoms with Crippen LogP contribution in [-0.2, 0) is 0 Å². The highest BCUT2D eigenvalue weighted by Crippen LogP contribution is 2.34. The third-order valence-corrected chi connectivity index (χ3v) is 5.39. The fourth-order valence-corrected chi connectivity index (χ4v) is 3.91. The van der Waals surface area contributed by atoms with Crippen LogP contribution in [0.1, 0.15) is 22.6 Å². The number of hydrogen-bond donors (Lipinski definition) is 6. The van der Waals surface area contributed by atoms with Gasteiger partial charge in [-0.3, -0.25) is 29.5 Å². The van der Waals surface area contributed by atoms with Crippen LogP contribution in [-0.4, -0.2) is 34.0 Å². The molecule has 0 radical (unpaired) electrons. The number of H-pyrrole nitrogens is 4. The number of hydrogen-bond acceptors (Lipinski definition) is 6. The van der Waals surface area contributed by atoms with Crippen LogP contribution in [0.3, 0.4) is 0 Å². The van der Waals surface area contributed by atoms with Crippen LogP contribution in [0.15, 0.2) is 73.8 Å². The summed E-state index contributed by atoms with van der Waals surface area (Å²) in [6.45, 7) is 0. The Balaban J connectivity index is 2.01. The van der Waals surface area contributed by atoms with E-state index in [2.05, 4.69) is 30.6 Å². The van der Waals surface area contributed by atoms with E-state index in [1.807, 2.05) is 42.5 Å². The summed E-state index contributed by atoms with van der Waals surface area (Å²) in [4.78, 5) is 59.2. The standard InChI is InChI=1S/C23H22N6O4/c1-24-18-16(20(30)28-22(32)26-18)15(17-19(25-2)27-23(33)29-21(17)31)14-10-8-13(9-11-14)12-6-4-3-5-7-12/h3-11,15H,1-2H3,(H3,24,26,28,30,32)(H3,25,27,29,31,33). The van der Waals surface area contributed by atoms with Crippen molar-refractivity contribution in [3.8, 4) is 11.1 Å². The van der Waals surface area contributed by atoms with Gasteiger partial charge >= 0.3 is 11.4 Å². The fraction of sp³-hybridized carbons (Fsp3) is 0.130. The minimum Gasteiger partial charge on any atom is -0.374 e. The smallest absolute Gasteiger partial charge is 0.327 e. The normalized spacial score (nSPS) is 10.9. The molecule has 0 fully saturated rings. The minimum absolute atomic E-state index is 0.124. The molecule has 0 aliphatic rings. The highest BCUT2D eigenvalue weighted by atomic mass is 16.2. The molecular formula is C23H22N6O4. The van der Waals surface area contributed by atoms with E-state index in [1.165, 1.54) is 0 Å². The second kappa shape index (κ2) is 8.87. The van der Waals surface area contributed by atoms with Gasteiger partial charge in [0.15, 0.2) is 0 Å². The van der Waals surface area contributed by atoms with Crippen molar-refractivity contribution < 1.29 is 0 Å². The first-order valence-corrected chi connectivity index (χ1v) is 10.2. The van der Waals surface area contributed by atoms with Crippen LogP contribution in [0.2, 0.25) is 0 Å². The first-order valence-electron chi connectivity index (χ1n) is 10.2. The summed E-state index contributed by atoms with van der Waals surface area (Å²) in [5, 5.41) is 5.65. The zero-order chi connectivity index (χ0) is 23.5. The van der Waals surface area contributed by atoms with E-state index in [9.17, 15) is 19.2 Å². The molecule has 10 heteroatoms. The van der Waals surface area contributed by atoms with Crippen LogP contribution in [0, 0.1) is 0 Å². The number of aromatic nitrogens is 4. The first-order chi connectivity index (χ1) is 15.9. The molecule has 0 saturated heterocycles. The number of anilines is 2. The van der Waals surface area contributed by atoms with E-state index in [4.69, 9.17) is 0 Å². The fourth-order valence-electron chi connectivity index (χ4n) is 3.91. The van der Waals surface area contributed by atoms with Gasteiger partial charge in [0.1, 0.15) is 11.6 Å². The monoisotopic (exact) mass is 446 g/mol. The average molecular weight is 446 g/mol. The maximum Gasteiger partial charge on any atom is 0.327 e. The summed E-state index contributed by atoms with van der Waals surface area (Å²) >= 11 is 0. The van der Waals surface area contributed by atoms with E-state index < -0.39 is 28.4 Å². The van der Waals surface area contributed by atoms with E-state index in [0.717, 1.165) is 11.1 Å². The van der Waals surface area contributed by atoms with Crippen molar-refractivity contribution in [2.75, 3.05) is 24.7 Å². The van der Waals surface area contributed by atoms with Gasteiger partial charge in [0, 0.05) is 14.1 Å². The first kappa shape index (κ1) is 21.6. The summed E-state index contributed by atoms with van der Waals surface area (Å²) in [7, 11) is 3.11. The third kappa shape index (κ3) is 4.13. The van der Waals surface area contributed by atoms with Crippen LogP contribution < -0.4 is 33.1 Å². The van der Waals surface area contributed by atoms with Gasteiger partial charge in [-0.05, 0) is 16.7 Å². The molecule has 0 aliphatic carbocycles. The number of nitrogens with one attached hydrogen (secondary N) is 6. The van der Waals surface area contributed by atoms with Crippen LogP contribution in [0.25, 0.3) is 11.1 Å². The Morgan fingerprint density at radius 2 is 1.06 bits per heavy atom. The maximum atomic E-state index is 13.0. The number of rotatable bonds is 6. The zero-order valence-electron chi connectivity index (χ0n) is 17.9. The van der Waals surface area contributed by atoms with Crippen LogP contribution in [0.5, 0.6) is 0 Å². The Hall–Kier alpha value is -4.60. The maximum absolute atomic E-state index is 13.0. The van der Waals surface area contributed by atoms with Crippen molar-refractivity contribution in [3.05, 3.63) is 113 Å². The molecule has 2 aromatic carbocycles. The summed E-state index contributed by atoms with van der Waals surface area (Å²) in [5.74, 6) is -0.594. The quantitative estimate of drug-likeness (QED) is 0.263. The largest absolute Gasteiger partial charge is 0.374 e. The lowest BCUT2D eigenvalue weighted by molar-refractivity contribution is 0.864. The average Bonchev–Trinajstić information content (AvgIpc) is 2.81. The molecule has 0 bridgehead atoms. The van der Waals surface area contributed by atoms with Crippen molar-refractivity contribution in [1.82, 2.24) is 19.9 Å². The Morgan fingerprint density at radius 3 is 1.52 bits per heavy atom. The minimum atomic E-state index is -0.916. The second-order valence-corrected chi connectivity index (χ2v) is 7.31. The molecule has 33 heavy (non-hydrogen) atoms. The lowest BCUT2D eigenvalue weighted by Gasteiger charge is -2.21. The molecule has 0 aliphatic heterocycles. The lowest BCUT2D eigenvalue weighted by atomic mass is 9.85. The Morgan fingerprint density at radius 1 is 0.606 bits per heavy atom. The molecule has 4 rings (SSSR count). The highest BCUT2D eigenvalue weighted by molar-refractivity contribution is 5.65. The molecule has 0 saturated carbocycles. The molecule has 6 N–H and O–H groups in total. The predicted octanol–water partition coefficient (Wildman–Crippen LogP) is 1.37. The summed E-state index contributed by atoms with van der Waals surface area (Å²) in [5.41, 5.74) is 0.129. The Kier molecular flexibility index (Phi) is 5.81. The van der Waals surface area contributed by atoms with Gasteiger partial charge in [0.25, 0.3) is 11.1 Å². The summed E-state index contributed by atoms with van der Waals surface area (Å²) < 4.78 is 0. The van der Waals surface area contributed by atoms with Gasteiger partial charge in [-0.2, -0.15) is 0 Å². The van der Waals surface area contributed by atoms with Gasteiger partial charge in [-0.15, -0.1) is 0 Å². The Labute approximate surface area is 186 Å². The van der Waals surface area contributed by atoms with E-state index in [-0.39, 0.29) is 22.8 Å². The van der Waals surface area contributed by atoms with Gasteiger partial charge < -0.3 is 10.6 Å². The molecule has 0 amide bonds. The van der Waals surface area contributed by atoms with Gasteiger partial charge in [-0.25, -0.2) is 9.59 Å². The van der Waals surface area contributed by atoms with Crippen LogP contribution >= 0.6 is 0 Å². The molecule has 2 aromatic heterocycles. The molecule has 4 aromatic rings. The third-order valence-electron chi connectivity index (χ3n) is 5.39. The lowest BCUT2D eigenvalue weighted by Crippen LogP contribution is -2.34. The molecule has 168 valence electrons. The number of aromatic amines is 4. The zero-order valence-corrected chi connectivity index (χ0v) is 17.9. The van der Waals surface area contributed by atoms with E-state index in [0.29, 0.717) is 5.56 Å². The Bertz CT molecular complexity index is 1440. The van der Waals surface area contributed by atoms with Crippen molar-refractivity contribution in [2.24, 2.45) is 0 Å². The predicted molar refractivity (Wildman–Crippen MR) is 127 cm³/mol. The van der Waals surface area contributed by atoms with E-state index in [1.54, 1.807) is 26.2 Å². The topological polar surface area (TPSA) is 155 Å². The van der Waals surface area contributed by atoms with Gasteiger partial charge in [0.05, 0.1) is 17.0 Å². The SMILES string of the molecule is CNc1[nH]c(=O)[nH]c(=O)c1C(c1ccc(-c2ccccc2)cc1)c1c(NC)[nH]c(=O)[nH]c1=O. The van der Waals surface area contributed by atoms with E-state index >= 15 is 0 Å². The molecule has 0 unspecified atom stereocenters. The van der Waals surface area contributed by atoms with Crippen LogP contribution in [0.4, 0.5) is 11.6 Å². The van der Waals surface area contributed by atoms with Crippen molar-refractivity contribution >= 4 is 11.6 Å². The van der Waals surface area contributed by atoms with Gasteiger partial charge in [-0.1, -0.05) is 54.6 Å². The van der Waals surface area contributed by atoms with Crippen molar-refractivity contribution in [3.63, 3.8) is 0 Å². The summed E-state index contributed by atoms with van der Waals surface area (Å²) in [6, 6.07) is 17.1. The number of benzene rings is 2. The highest BCUT2D eigenvalue weighted by Gasteiger charge is 2.29. The second-order valence-electron chi connectivity index (χ2n) is 7.31. The van der Waals surface area contributed by atoms with Gasteiger partial charge in [0.2, 0.25) is 0 Å². The van der Waals surface area contributed by atoms with Crippen molar-refractivity contribution in [2.45, 2.75) is 5.92 Å². The molecule has 0 spiro atoms. The molecule has 10 nitrogen and oxygen atoms in total.